The highest BCUT2D eigenvalue weighted by Gasteiger charge is 2.31. The quantitative estimate of drug-likeness (QED) is 0.872. The van der Waals surface area contributed by atoms with Crippen LogP contribution in [0.15, 0.2) is 22.7 Å². The maximum absolute atomic E-state index is 12.7. The normalized spacial score (nSPS) is 11.5. The van der Waals surface area contributed by atoms with Crippen LogP contribution in [0.25, 0.3) is 0 Å². The first kappa shape index (κ1) is 17.9. The minimum absolute atomic E-state index is 0.0482. The van der Waals surface area contributed by atoms with Crippen LogP contribution < -0.4 is 5.32 Å². The molecule has 1 aromatic heterocycles. The fourth-order valence-electron chi connectivity index (χ4n) is 1.95. The van der Waals surface area contributed by atoms with Crippen molar-refractivity contribution >= 4 is 5.91 Å². The highest BCUT2D eigenvalue weighted by atomic mass is 19.4. The molecule has 0 radical (unpaired) electrons. The molecule has 0 aliphatic carbocycles. The molecule has 2 rings (SSSR count). The molecule has 0 fully saturated rings. The lowest BCUT2D eigenvalue weighted by Crippen LogP contribution is -2.24. The van der Waals surface area contributed by atoms with Gasteiger partial charge in [0.2, 0.25) is 5.89 Å². The Hall–Kier alpha value is -2.42. The van der Waals surface area contributed by atoms with Crippen molar-refractivity contribution in [2.24, 2.45) is 0 Å². The van der Waals surface area contributed by atoms with Crippen molar-refractivity contribution in [2.45, 2.75) is 26.1 Å². The van der Waals surface area contributed by atoms with Crippen molar-refractivity contribution in [1.82, 2.24) is 15.5 Å². The second kappa shape index (κ2) is 7.43. The summed E-state index contributed by atoms with van der Waals surface area (Å²) >= 11 is 0. The highest BCUT2D eigenvalue weighted by Crippen LogP contribution is 2.30. The van der Waals surface area contributed by atoms with Gasteiger partial charge in [-0.25, -0.2) is 0 Å². The van der Waals surface area contributed by atoms with E-state index in [1.54, 1.807) is 6.92 Å². The largest absolute Gasteiger partial charge is 0.416 e. The minimum Gasteiger partial charge on any atom is -0.384 e. The molecule has 9 heteroatoms. The molecule has 0 bridgehead atoms. The van der Waals surface area contributed by atoms with Crippen LogP contribution in [-0.4, -0.2) is 29.8 Å². The summed E-state index contributed by atoms with van der Waals surface area (Å²) in [5, 5.41) is 6.16. The van der Waals surface area contributed by atoms with Crippen molar-refractivity contribution in [2.75, 3.05) is 13.7 Å². The van der Waals surface area contributed by atoms with Crippen molar-refractivity contribution in [3.8, 4) is 0 Å². The lowest BCUT2D eigenvalue weighted by atomic mass is 10.0. The molecule has 1 amide bonds. The zero-order valence-corrected chi connectivity index (χ0v) is 13.1. The maximum Gasteiger partial charge on any atom is 0.416 e. The fourth-order valence-corrected chi connectivity index (χ4v) is 1.95. The second-order valence-corrected chi connectivity index (χ2v) is 5.06. The number of benzene rings is 1. The monoisotopic (exact) mass is 343 g/mol. The lowest BCUT2D eigenvalue weighted by molar-refractivity contribution is -0.137. The summed E-state index contributed by atoms with van der Waals surface area (Å²) in [6.07, 6.45) is -4.07. The van der Waals surface area contributed by atoms with Crippen LogP contribution in [0, 0.1) is 6.92 Å². The Morgan fingerprint density at radius 2 is 2.12 bits per heavy atom. The standard InChI is InChI=1S/C15H16F3N3O3/c1-9-3-4-10(15(16,17)18)7-11(9)14(22)19-8-12-20-13(24-21-12)5-6-23-2/h3-4,7H,5-6,8H2,1-2H3,(H,19,22). The molecule has 0 aliphatic heterocycles. The van der Waals surface area contributed by atoms with Gasteiger partial charge in [-0.3, -0.25) is 4.79 Å². The second-order valence-electron chi connectivity index (χ2n) is 5.06. The van der Waals surface area contributed by atoms with Crippen molar-refractivity contribution in [3.05, 3.63) is 46.6 Å². The predicted octanol–water partition coefficient (Wildman–Crippen LogP) is 2.52. The summed E-state index contributed by atoms with van der Waals surface area (Å²) in [5.74, 6) is -0.0442. The number of halogens is 3. The lowest BCUT2D eigenvalue weighted by Gasteiger charge is -2.11. The third kappa shape index (κ3) is 4.54. The number of aryl methyl sites for hydroxylation is 1. The summed E-state index contributed by atoms with van der Waals surface area (Å²) in [6, 6.07) is 3.02. The fraction of sp³-hybridized carbons (Fsp3) is 0.400. The molecule has 0 spiro atoms. The molecular weight excluding hydrogens is 327 g/mol. The molecule has 1 heterocycles. The van der Waals surface area contributed by atoms with Crippen LogP contribution in [0.4, 0.5) is 13.2 Å². The van der Waals surface area contributed by atoms with E-state index in [1.807, 2.05) is 0 Å². The van der Waals surface area contributed by atoms with Crippen molar-refractivity contribution < 1.29 is 27.2 Å². The van der Waals surface area contributed by atoms with Crippen molar-refractivity contribution in [3.63, 3.8) is 0 Å². The molecular formula is C15H16F3N3O3. The Kier molecular flexibility index (Phi) is 5.55. The smallest absolute Gasteiger partial charge is 0.384 e. The highest BCUT2D eigenvalue weighted by molar-refractivity contribution is 5.95. The Bertz CT molecular complexity index is 713. The average molecular weight is 343 g/mol. The predicted molar refractivity (Wildman–Crippen MR) is 77.2 cm³/mol. The number of methoxy groups -OCH3 is 1. The van der Waals surface area contributed by atoms with E-state index in [0.29, 0.717) is 24.5 Å². The van der Waals surface area contributed by atoms with Crippen LogP contribution in [0.5, 0.6) is 0 Å². The Balaban J connectivity index is 2.03. The van der Waals surface area contributed by atoms with Crippen molar-refractivity contribution in [1.29, 1.82) is 0 Å². The van der Waals surface area contributed by atoms with E-state index in [1.165, 1.54) is 13.2 Å². The number of hydrogen-bond acceptors (Lipinski definition) is 5. The number of carbonyl (C=O) groups excluding carboxylic acids is 1. The summed E-state index contributed by atoms with van der Waals surface area (Å²) in [7, 11) is 1.54. The summed E-state index contributed by atoms with van der Waals surface area (Å²) in [6.45, 7) is 1.93. The Morgan fingerprint density at radius 3 is 2.79 bits per heavy atom. The van der Waals surface area contributed by atoms with Gasteiger partial charge in [-0.1, -0.05) is 11.2 Å². The van der Waals surface area contributed by atoms with Gasteiger partial charge in [0.15, 0.2) is 5.82 Å². The van der Waals surface area contributed by atoms with Gasteiger partial charge < -0.3 is 14.6 Å². The van der Waals surface area contributed by atoms with Crippen LogP contribution in [-0.2, 0) is 23.9 Å². The Morgan fingerprint density at radius 1 is 1.38 bits per heavy atom. The van der Waals surface area contributed by atoms with Gasteiger partial charge in [0.05, 0.1) is 25.1 Å². The number of carbonyl (C=O) groups is 1. The van der Waals surface area contributed by atoms with Gasteiger partial charge in [-0.05, 0) is 24.6 Å². The van der Waals surface area contributed by atoms with E-state index in [4.69, 9.17) is 9.26 Å². The number of amides is 1. The van der Waals surface area contributed by atoms with Crippen LogP contribution in [0.1, 0.15) is 33.2 Å². The summed E-state index contributed by atoms with van der Waals surface area (Å²) in [5.41, 5.74) is -0.484. The van der Waals surface area contributed by atoms with Gasteiger partial charge in [0.25, 0.3) is 5.91 Å². The SMILES string of the molecule is COCCc1nc(CNC(=O)c2cc(C(F)(F)F)ccc2C)no1. The molecule has 0 unspecified atom stereocenters. The molecule has 130 valence electrons. The van der Waals surface area contributed by atoms with Gasteiger partial charge in [0, 0.05) is 12.7 Å². The number of alkyl halides is 3. The van der Waals surface area contributed by atoms with Gasteiger partial charge >= 0.3 is 6.18 Å². The third-order valence-electron chi connectivity index (χ3n) is 3.25. The van der Waals surface area contributed by atoms with Crippen LogP contribution in [0.3, 0.4) is 0 Å². The zero-order chi connectivity index (χ0) is 17.7. The zero-order valence-electron chi connectivity index (χ0n) is 13.1. The summed E-state index contributed by atoms with van der Waals surface area (Å²) in [4.78, 5) is 16.2. The molecule has 1 N–H and O–H groups in total. The number of rotatable bonds is 6. The molecule has 0 atom stereocenters. The molecule has 0 aliphatic rings. The van der Waals surface area contributed by atoms with E-state index in [9.17, 15) is 18.0 Å². The number of nitrogens with one attached hydrogen (secondary N) is 1. The molecule has 2 aromatic rings. The van der Waals surface area contributed by atoms with E-state index < -0.39 is 17.6 Å². The van der Waals surface area contributed by atoms with Gasteiger partial charge in [-0.15, -0.1) is 0 Å². The number of hydrogen-bond donors (Lipinski definition) is 1. The van der Waals surface area contributed by atoms with Gasteiger partial charge in [-0.2, -0.15) is 18.2 Å². The Labute approximate surface area is 136 Å². The number of aromatic nitrogens is 2. The van der Waals surface area contributed by atoms with E-state index >= 15 is 0 Å². The van der Waals surface area contributed by atoms with E-state index in [2.05, 4.69) is 15.5 Å². The minimum atomic E-state index is -4.51. The van der Waals surface area contributed by atoms with E-state index in [0.717, 1.165) is 12.1 Å². The van der Waals surface area contributed by atoms with E-state index in [-0.39, 0.29) is 17.9 Å². The molecule has 6 nitrogen and oxygen atoms in total. The van der Waals surface area contributed by atoms with Crippen LogP contribution in [0.2, 0.25) is 0 Å². The number of nitrogens with zero attached hydrogens (tertiary/aromatic N) is 2. The molecule has 24 heavy (non-hydrogen) atoms. The molecule has 0 saturated heterocycles. The van der Waals surface area contributed by atoms with Crippen LogP contribution >= 0.6 is 0 Å². The first-order valence-corrected chi connectivity index (χ1v) is 7.07. The molecule has 0 saturated carbocycles. The maximum atomic E-state index is 12.7. The average Bonchev–Trinajstić information content (AvgIpc) is 2.97. The first-order valence-electron chi connectivity index (χ1n) is 7.07. The topological polar surface area (TPSA) is 77.2 Å². The summed E-state index contributed by atoms with van der Waals surface area (Å²) < 4.78 is 48.1. The molecule has 1 aromatic carbocycles. The number of ether oxygens (including phenoxy) is 1. The first-order chi connectivity index (χ1) is 11.3. The third-order valence-corrected chi connectivity index (χ3v) is 3.25. The van der Waals surface area contributed by atoms with Gasteiger partial charge in [0.1, 0.15) is 0 Å².